The molecule has 0 unspecified atom stereocenters. The number of para-hydroxylation sites is 1. The van der Waals surface area contributed by atoms with Gasteiger partial charge in [-0.3, -0.25) is 10.1 Å². The Balaban J connectivity index is 2.14. The smallest absolute Gasteiger partial charge is 0.333 e. The van der Waals surface area contributed by atoms with Crippen LogP contribution in [0.25, 0.3) is 0 Å². The normalized spacial score (nSPS) is 17.5. The van der Waals surface area contributed by atoms with Crippen LogP contribution in [0.3, 0.4) is 0 Å². The second-order valence-corrected chi connectivity index (χ2v) is 5.39. The molecule has 1 saturated carbocycles. The number of hydrogen-bond acceptors (Lipinski definition) is 5. The first-order chi connectivity index (χ1) is 9.56. The summed E-state index contributed by atoms with van der Waals surface area (Å²) in [5, 5.41) is 14.3. The molecule has 0 heterocycles. The second kappa shape index (κ2) is 6.09. The average molecular weight is 279 g/mol. The molecule has 2 rings (SSSR count). The Kier molecular flexibility index (Phi) is 4.44. The molecule has 1 fully saturated rings. The van der Waals surface area contributed by atoms with Crippen molar-refractivity contribution < 1.29 is 9.66 Å². The zero-order valence-corrected chi connectivity index (χ0v) is 11.7. The number of nitrogens with two attached hydrogens (primary N) is 1. The van der Waals surface area contributed by atoms with Gasteiger partial charge in [-0.25, -0.2) is 0 Å². The Labute approximate surface area is 118 Å². The molecule has 1 aromatic carbocycles. The third-order valence-corrected chi connectivity index (χ3v) is 3.88. The van der Waals surface area contributed by atoms with E-state index in [4.69, 9.17) is 10.5 Å². The lowest BCUT2D eigenvalue weighted by atomic mass is 9.82. The van der Waals surface area contributed by atoms with Crippen LogP contribution in [0.15, 0.2) is 18.2 Å². The van der Waals surface area contributed by atoms with Gasteiger partial charge in [0.2, 0.25) is 0 Å². The summed E-state index contributed by atoms with van der Waals surface area (Å²) in [6.07, 6.45) is 5.38. The Bertz CT molecular complexity index is 485. The number of nitrogens with one attached hydrogen (secondary N) is 1. The van der Waals surface area contributed by atoms with Crippen LogP contribution in [0, 0.1) is 10.1 Å². The van der Waals surface area contributed by atoms with Gasteiger partial charge in [0.1, 0.15) is 5.69 Å². The zero-order chi connectivity index (χ0) is 14.6. The molecular formula is C14H21N3O3. The van der Waals surface area contributed by atoms with Gasteiger partial charge in [0, 0.05) is 12.1 Å². The monoisotopic (exact) mass is 279 g/mol. The standard InChI is InChI=1S/C14H21N3O3/c1-20-12-7-5-6-11(13(12)17(18)19)16-10-14(15)8-3-2-4-9-14/h5-7,16H,2-4,8-10,15H2,1H3. The van der Waals surface area contributed by atoms with E-state index in [1.54, 1.807) is 18.2 Å². The number of benzene rings is 1. The molecule has 1 aliphatic carbocycles. The van der Waals surface area contributed by atoms with E-state index in [2.05, 4.69) is 5.32 Å². The van der Waals surface area contributed by atoms with Crippen molar-refractivity contribution in [3.8, 4) is 5.75 Å². The largest absolute Gasteiger partial charge is 0.490 e. The fourth-order valence-electron chi connectivity index (χ4n) is 2.72. The van der Waals surface area contributed by atoms with Gasteiger partial charge in [-0.1, -0.05) is 25.3 Å². The lowest BCUT2D eigenvalue weighted by Crippen LogP contribution is -2.47. The molecule has 6 heteroatoms. The molecular weight excluding hydrogens is 258 g/mol. The molecule has 0 atom stereocenters. The van der Waals surface area contributed by atoms with E-state index in [1.807, 2.05) is 0 Å². The quantitative estimate of drug-likeness (QED) is 0.638. The van der Waals surface area contributed by atoms with Gasteiger partial charge in [0.05, 0.1) is 12.0 Å². The maximum atomic E-state index is 11.2. The molecule has 0 bridgehead atoms. The van der Waals surface area contributed by atoms with E-state index in [1.165, 1.54) is 13.5 Å². The number of nitro groups is 1. The van der Waals surface area contributed by atoms with Crippen molar-refractivity contribution in [3.05, 3.63) is 28.3 Å². The van der Waals surface area contributed by atoms with Crippen molar-refractivity contribution in [1.82, 2.24) is 0 Å². The number of nitrogens with zero attached hydrogens (tertiary/aromatic N) is 1. The molecule has 0 aliphatic heterocycles. The SMILES string of the molecule is COc1cccc(NCC2(N)CCCCC2)c1[N+](=O)[O-]. The van der Waals surface area contributed by atoms with Crippen LogP contribution in [0.4, 0.5) is 11.4 Å². The van der Waals surface area contributed by atoms with Gasteiger partial charge in [-0.2, -0.15) is 0 Å². The van der Waals surface area contributed by atoms with Crippen LogP contribution in [0.1, 0.15) is 32.1 Å². The predicted octanol–water partition coefficient (Wildman–Crippen LogP) is 2.68. The van der Waals surface area contributed by atoms with Gasteiger partial charge >= 0.3 is 5.69 Å². The highest BCUT2D eigenvalue weighted by molar-refractivity contribution is 5.68. The van der Waals surface area contributed by atoms with Gasteiger partial charge in [-0.15, -0.1) is 0 Å². The fraction of sp³-hybridized carbons (Fsp3) is 0.571. The summed E-state index contributed by atoms with van der Waals surface area (Å²) in [6, 6.07) is 5.01. The van der Waals surface area contributed by atoms with Crippen LogP contribution < -0.4 is 15.8 Å². The number of rotatable bonds is 5. The highest BCUT2D eigenvalue weighted by Crippen LogP contribution is 2.35. The van der Waals surface area contributed by atoms with Crippen LogP contribution in [-0.4, -0.2) is 24.1 Å². The predicted molar refractivity (Wildman–Crippen MR) is 78.1 cm³/mol. The minimum Gasteiger partial charge on any atom is -0.490 e. The number of nitro benzene ring substituents is 1. The Morgan fingerprint density at radius 2 is 2.10 bits per heavy atom. The van der Waals surface area contributed by atoms with Crippen molar-refractivity contribution in [2.24, 2.45) is 5.73 Å². The summed E-state index contributed by atoms with van der Waals surface area (Å²) in [4.78, 5) is 10.8. The van der Waals surface area contributed by atoms with E-state index in [0.717, 1.165) is 25.7 Å². The summed E-state index contributed by atoms with van der Waals surface area (Å²) in [7, 11) is 1.43. The third-order valence-electron chi connectivity index (χ3n) is 3.88. The molecule has 3 N–H and O–H groups in total. The number of methoxy groups -OCH3 is 1. The zero-order valence-electron chi connectivity index (χ0n) is 11.7. The maximum Gasteiger partial charge on any atom is 0.333 e. The molecule has 6 nitrogen and oxygen atoms in total. The molecule has 0 amide bonds. The summed E-state index contributed by atoms with van der Waals surface area (Å²) >= 11 is 0. The highest BCUT2D eigenvalue weighted by Gasteiger charge is 2.28. The first-order valence-corrected chi connectivity index (χ1v) is 6.90. The lowest BCUT2D eigenvalue weighted by Gasteiger charge is -2.33. The van der Waals surface area contributed by atoms with Gasteiger partial charge in [0.25, 0.3) is 0 Å². The van der Waals surface area contributed by atoms with E-state index in [-0.39, 0.29) is 17.0 Å². The average Bonchev–Trinajstić information content (AvgIpc) is 2.45. The first kappa shape index (κ1) is 14.6. The van der Waals surface area contributed by atoms with Crippen molar-refractivity contribution >= 4 is 11.4 Å². The first-order valence-electron chi connectivity index (χ1n) is 6.90. The molecule has 20 heavy (non-hydrogen) atoms. The fourth-order valence-corrected chi connectivity index (χ4v) is 2.72. The van der Waals surface area contributed by atoms with E-state index < -0.39 is 4.92 Å². The molecule has 0 radical (unpaired) electrons. The van der Waals surface area contributed by atoms with Crippen molar-refractivity contribution in [2.45, 2.75) is 37.6 Å². The van der Waals surface area contributed by atoms with Crippen LogP contribution in [0.2, 0.25) is 0 Å². The van der Waals surface area contributed by atoms with Crippen molar-refractivity contribution in [1.29, 1.82) is 0 Å². The minimum atomic E-state index is -0.425. The summed E-state index contributed by atoms with van der Waals surface area (Å²) in [5.41, 5.74) is 6.50. The molecule has 0 aromatic heterocycles. The summed E-state index contributed by atoms with van der Waals surface area (Å²) in [5.74, 6) is 0.259. The molecule has 0 spiro atoms. The van der Waals surface area contributed by atoms with Crippen molar-refractivity contribution in [3.63, 3.8) is 0 Å². The molecule has 1 aliphatic rings. The maximum absolute atomic E-state index is 11.2. The molecule has 0 saturated heterocycles. The molecule has 110 valence electrons. The Morgan fingerprint density at radius 1 is 1.40 bits per heavy atom. The molecule has 1 aromatic rings. The number of ether oxygens (including phenoxy) is 1. The number of anilines is 1. The van der Waals surface area contributed by atoms with Crippen LogP contribution >= 0.6 is 0 Å². The topological polar surface area (TPSA) is 90.4 Å². The summed E-state index contributed by atoms with van der Waals surface area (Å²) in [6.45, 7) is 0.543. The Morgan fingerprint density at radius 3 is 2.70 bits per heavy atom. The van der Waals surface area contributed by atoms with Crippen molar-refractivity contribution in [2.75, 3.05) is 19.0 Å². The van der Waals surface area contributed by atoms with Crippen LogP contribution in [-0.2, 0) is 0 Å². The minimum absolute atomic E-state index is 0.0330. The summed E-state index contributed by atoms with van der Waals surface area (Å²) < 4.78 is 5.05. The van der Waals surface area contributed by atoms with Gasteiger partial charge < -0.3 is 15.8 Å². The third kappa shape index (κ3) is 3.19. The Hall–Kier alpha value is -1.82. The van der Waals surface area contributed by atoms with E-state index in [9.17, 15) is 10.1 Å². The number of hydrogen-bond donors (Lipinski definition) is 2. The highest BCUT2D eigenvalue weighted by atomic mass is 16.6. The van der Waals surface area contributed by atoms with Gasteiger partial charge in [0.15, 0.2) is 5.75 Å². The van der Waals surface area contributed by atoms with Crippen LogP contribution in [0.5, 0.6) is 5.75 Å². The van der Waals surface area contributed by atoms with E-state index in [0.29, 0.717) is 12.2 Å². The lowest BCUT2D eigenvalue weighted by molar-refractivity contribution is -0.384. The van der Waals surface area contributed by atoms with Gasteiger partial charge in [-0.05, 0) is 25.0 Å². The second-order valence-electron chi connectivity index (χ2n) is 5.39. The van der Waals surface area contributed by atoms with E-state index >= 15 is 0 Å².